The number of carboxylic acids is 1. The molecule has 1 saturated carbocycles. The van der Waals surface area contributed by atoms with E-state index in [4.69, 9.17) is 9.84 Å². The number of rotatable bonds is 4. The molecule has 0 aromatic carbocycles. The molecule has 0 aromatic rings. The van der Waals surface area contributed by atoms with Gasteiger partial charge >= 0.3 is 5.97 Å². The van der Waals surface area contributed by atoms with Crippen molar-refractivity contribution < 1.29 is 18.8 Å². The Labute approximate surface area is 111 Å². The minimum Gasteiger partial charge on any atom is -0.480 e. The topological polar surface area (TPSA) is 63.6 Å². The summed E-state index contributed by atoms with van der Waals surface area (Å²) in [7, 11) is -1.33. The van der Waals surface area contributed by atoms with Crippen LogP contribution in [-0.4, -0.2) is 38.0 Å². The van der Waals surface area contributed by atoms with Crippen molar-refractivity contribution in [3.63, 3.8) is 0 Å². The lowest BCUT2D eigenvalue weighted by Gasteiger charge is -2.33. The lowest BCUT2D eigenvalue weighted by atomic mass is 9.83. The molecule has 1 heterocycles. The summed E-state index contributed by atoms with van der Waals surface area (Å²) in [4.78, 5) is 10.8. The van der Waals surface area contributed by atoms with Gasteiger partial charge in [0.15, 0.2) is 0 Å². The summed E-state index contributed by atoms with van der Waals surface area (Å²) < 4.78 is 18.0. The molecule has 0 aromatic heterocycles. The van der Waals surface area contributed by atoms with Crippen molar-refractivity contribution >= 4 is 16.8 Å². The van der Waals surface area contributed by atoms with Crippen LogP contribution in [0.3, 0.4) is 0 Å². The first kappa shape index (κ1) is 14.0. The molecule has 1 saturated heterocycles. The van der Waals surface area contributed by atoms with Crippen LogP contribution in [0, 0.1) is 0 Å². The fraction of sp³-hybridized carbons (Fsp3) is 0.923. The van der Waals surface area contributed by atoms with E-state index in [-0.39, 0.29) is 11.7 Å². The van der Waals surface area contributed by atoms with Crippen LogP contribution < -0.4 is 0 Å². The molecular weight excluding hydrogens is 252 g/mol. The second-order valence-corrected chi connectivity index (χ2v) is 7.35. The lowest BCUT2D eigenvalue weighted by Crippen LogP contribution is -2.34. The Morgan fingerprint density at radius 3 is 2.67 bits per heavy atom. The van der Waals surface area contributed by atoms with Crippen LogP contribution in [0.15, 0.2) is 0 Å². The number of carbonyl (C=O) groups is 1. The summed E-state index contributed by atoms with van der Waals surface area (Å²) >= 11 is 0. The van der Waals surface area contributed by atoms with Crippen LogP contribution in [0.1, 0.15) is 51.9 Å². The number of hydrogen-bond acceptors (Lipinski definition) is 3. The van der Waals surface area contributed by atoms with Crippen molar-refractivity contribution in [3.05, 3.63) is 0 Å². The summed E-state index contributed by atoms with van der Waals surface area (Å²) in [5.41, 5.74) is 0.0274. The zero-order valence-electron chi connectivity index (χ0n) is 10.9. The zero-order chi connectivity index (χ0) is 13.2. The molecule has 1 aliphatic carbocycles. The largest absolute Gasteiger partial charge is 0.480 e. The number of ether oxygens (including phenoxy) is 1. The van der Waals surface area contributed by atoms with E-state index in [1.807, 2.05) is 0 Å². The van der Waals surface area contributed by atoms with E-state index < -0.39 is 22.0 Å². The molecule has 4 nitrogen and oxygen atoms in total. The standard InChI is InChI=1S/C13H22O4S/c1-10(12(14)15)18(16)9-11-5-8-13(17-11)6-3-2-4-7-13/h10-11H,2-9H2,1H3,(H,14,15). The molecule has 3 unspecified atom stereocenters. The van der Waals surface area contributed by atoms with E-state index in [9.17, 15) is 9.00 Å². The maximum atomic E-state index is 11.9. The van der Waals surface area contributed by atoms with Crippen LogP contribution in [0.2, 0.25) is 0 Å². The predicted molar refractivity (Wildman–Crippen MR) is 70.0 cm³/mol. The third-order valence-electron chi connectivity index (χ3n) is 4.20. The minimum atomic E-state index is -1.33. The zero-order valence-corrected chi connectivity index (χ0v) is 11.7. The third kappa shape index (κ3) is 3.12. The van der Waals surface area contributed by atoms with E-state index in [1.54, 1.807) is 0 Å². The summed E-state index contributed by atoms with van der Waals surface area (Å²) in [5, 5.41) is 8.04. The van der Waals surface area contributed by atoms with Crippen LogP contribution in [-0.2, 0) is 20.3 Å². The van der Waals surface area contributed by atoms with Crippen molar-refractivity contribution in [2.24, 2.45) is 0 Å². The van der Waals surface area contributed by atoms with Gasteiger partial charge in [-0.3, -0.25) is 9.00 Å². The molecule has 1 spiro atoms. The molecular formula is C13H22O4S. The van der Waals surface area contributed by atoms with E-state index in [0.29, 0.717) is 5.75 Å². The highest BCUT2D eigenvalue weighted by Gasteiger charge is 2.41. The van der Waals surface area contributed by atoms with Crippen LogP contribution >= 0.6 is 0 Å². The molecule has 3 atom stereocenters. The average Bonchev–Trinajstić information content (AvgIpc) is 2.71. The van der Waals surface area contributed by atoms with Crippen molar-refractivity contribution in [2.75, 3.05) is 5.75 Å². The van der Waals surface area contributed by atoms with E-state index in [2.05, 4.69) is 0 Å². The van der Waals surface area contributed by atoms with Gasteiger partial charge in [0.05, 0.1) is 17.5 Å². The van der Waals surface area contributed by atoms with Crippen LogP contribution in [0.25, 0.3) is 0 Å². The van der Waals surface area contributed by atoms with Gasteiger partial charge < -0.3 is 9.84 Å². The fourth-order valence-corrected chi connectivity index (χ4v) is 4.13. The maximum Gasteiger partial charge on any atom is 0.318 e. The average molecular weight is 274 g/mol. The molecule has 2 fully saturated rings. The first-order chi connectivity index (χ1) is 8.52. The van der Waals surface area contributed by atoms with Gasteiger partial charge in [0.1, 0.15) is 5.25 Å². The highest BCUT2D eigenvalue weighted by Crippen LogP contribution is 2.42. The predicted octanol–water partition coefficient (Wildman–Crippen LogP) is 2.09. The quantitative estimate of drug-likeness (QED) is 0.852. The molecule has 1 aliphatic heterocycles. The summed E-state index contributed by atoms with van der Waals surface area (Å²) in [6.45, 7) is 1.50. The normalized spacial score (nSPS) is 30.2. The molecule has 2 rings (SSSR count). The molecule has 0 bridgehead atoms. The fourth-order valence-electron chi connectivity index (χ4n) is 3.02. The van der Waals surface area contributed by atoms with Crippen LogP contribution in [0.5, 0.6) is 0 Å². The van der Waals surface area contributed by atoms with Gasteiger partial charge in [0, 0.05) is 10.8 Å². The Morgan fingerprint density at radius 1 is 1.39 bits per heavy atom. The monoisotopic (exact) mass is 274 g/mol. The number of carboxylic acid groups (broad SMARTS) is 1. The third-order valence-corrected chi connectivity index (χ3v) is 5.89. The van der Waals surface area contributed by atoms with Crippen molar-refractivity contribution in [2.45, 2.75) is 68.8 Å². The van der Waals surface area contributed by atoms with Crippen molar-refractivity contribution in [3.8, 4) is 0 Å². The molecule has 1 N–H and O–H groups in total. The number of hydrogen-bond donors (Lipinski definition) is 1. The number of aliphatic carboxylic acids is 1. The lowest BCUT2D eigenvalue weighted by molar-refractivity contribution is -0.136. The van der Waals surface area contributed by atoms with Crippen molar-refractivity contribution in [1.82, 2.24) is 0 Å². The minimum absolute atomic E-state index is 0.00858. The summed E-state index contributed by atoms with van der Waals surface area (Å²) in [6.07, 6.45) is 7.94. The molecule has 18 heavy (non-hydrogen) atoms. The first-order valence-corrected chi connectivity index (χ1v) is 8.18. The van der Waals surface area contributed by atoms with Gasteiger partial charge in [0.25, 0.3) is 0 Å². The van der Waals surface area contributed by atoms with E-state index in [1.165, 1.54) is 26.2 Å². The Balaban J connectivity index is 1.85. The van der Waals surface area contributed by atoms with Gasteiger partial charge in [-0.2, -0.15) is 0 Å². The Hall–Kier alpha value is -0.420. The second-order valence-electron chi connectivity index (χ2n) is 5.55. The van der Waals surface area contributed by atoms with Crippen LogP contribution in [0.4, 0.5) is 0 Å². The second kappa shape index (κ2) is 5.70. The maximum absolute atomic E-state index is 11.9. The van der Waals surface area contributed by atoms with Gasteiger partial charge in [-0.1, -0.05) is 19.3 Å². The van der Waals surface area contributed by atoms with E-state index in [0.717, 1.165) is 25.7 Å². The Morgan fingerprint density at radius 2 is 2.06 bits per heavy atom. The van der Waals surface area contributed by atoms with Gasteiger partial charge in [0.2, 0.25) is 0 Å². The van der Waals surface area contributed by atoms with Crippen molar-refractivity contribution in [1.29, 1.82) is 0 Å². The highest BCUT2D eigenvalue weighted by molar-refractivity contribution is 7.86. The summed E-state index contributed by atoms with van der Waals surface area (Å²) in [6, 6.07) is 0. The smallest absolute Gasteiger partial charge is 0.318 e. The Bertz CT molecular complexity index is 336. The first-order valence-electron chi connectivity index (χ1n) is 6.80. The molecule has 0 amide bonds. The summed E-state index contributed by atoms with van der Waals surface area (Å²) in [5.74, 6) is -0.617. The molecule has 0 radical (unpaired) electrons. The molecule has 5 heteroatoms. The van der Waals surface area contributed by atoms with Gasteiger partial charge in [-0.15, -0.1) is 0 Å². The molecule has 104 valence electrons. The molecule has 2 aliphatic rings. The Kier molecular flexibility index (Phi) is 4.43. The SMILES string of the molecule is CC(C(=O)O)S(=O)CC1CCC2(CCCCC2)O1. The van der Waals surface area contributed by atoms with Gasteiger partial charge in [-0.25, -0.2) is 0 Å². The van der Waals surface area contributed by atoms with E-state index >= 15 is 0 Å². The van der Waals surface area contributed by atoms with Gasteiger partial charge in [-0.05, 0) is 32.6 Å². The highest BCUT2D eigenvalue weighted by atomic mass is 32.2.